The molecular weight excluding hydrogens is 156 g/mol. The minimum Gasteiger partial charge on any atom is -0.379 e. The third kappa shape index (κ3) is 9.88. The van der Waals surface area contributed by atoms with E-state index in [0.29, 0.717) is 13.2 Å². The smallest absolute Gasteiger partial charge is 0.151 e. The van der Waals surface area contributed by atoms with E-state index in [2.05, 4.69) is 6.92 Å². The summed E-state index contributed by atoms with van der Waals surface area (Å²) in [6.45, 7) is 5.61. The van der Waals surface area contributed by atoms with Crippen LogP contribution in [0, 0.1) is 0 Å². The number of aliphatic hydroxyl groups excluding tert-OH is 1. The topological polar surface area (TPSA) is 38.7 Å². The molecule has 0 saturated heterocycles. The van der Waals surface area contributed by atoms with Gasteiger partial charge in [0, 0.05) is 6.61 Å². The lowest BCUT2D eigenvalue weighted by Gasteiger charge is -2.06. The van der Waals surface area contributed by atoms with Crippen LogP contribution in [0.5, 0.6) is 0 Å². The molecule has 74 valence electrons. The summed E-state index contributed by atoms with van der Waals surface area (Å²) < 4.78 is 10.1. The van der Waals surface area contributed by atoms with Crippen molar-refractivity contribution in [3.8, 4) is 0 Å². The van der Waals surface area contributed by atoms with Crippen molar-refractivity contribution in [2.24, 2.45) is 0 Å². The third-order valence-electron chi connectivity index (χ3n) is 1.48. The van der Waals surface area contributed by atoms with E-state index in [1.165, 1.54) is 12.8 Å². The fourth-order valence-electron chi connectivity index (χ4n) is 0.834. The molecular formula is C9H20O3. The van der Waals surface area contributed by atoms with Crippen LogP contribution in [-0.4, -0.2) is 31.2 Å². The summed E-state index contributed by atoms with van der Waals surface area (Å²) in [6.07, 6.45) is 2.87. The Kier molecular flexibility index (Phi) is 8.88. The van der Waals surface area contributed by atoms with Gasteiger partial charge in [-0.25, -0.2) is 0 Å². The lowest BCUT2D eigenvalue weighted by Crippen LogP contribution is -2.12. The number of ether oxygens (including phenoxy) is 2. The van der Waals surface area contributed by atoms with E-state index < -0.39 is 6.29 Å². The van der Waals surface area contributed by atoms with Crippen molar-refractivity contribution >= 4 is 0 Å². The molecule has 0 aromatic rings. The minimum atomic E-state index is -0.677. The van der Waals surface area contributed by atoms with Gasteiger partial charge in [-0.05, 0) is 13.3 Å². The molecule has 0 rings (SSSR count). The van der Waals surface area contributed by atoms with E-state index in [4.69, 9.17) is 14.6 Å². The molecule has 0 aromatic carbocycles. The molecule has 0 bridgehead atoms. The monoisotopic (exact) mass is 176 g/mol. The number of hydrogen-bond acceptors (Lipinski definition) is 3. The van der Waals surface area contributed by atoms with Crippen molar-refractivity contribution in [1.29, 1.82) is 0 Å². The molecule has 3 heteroatoms. The van der Waals surface area contributed by atoms with Gasteiger partial charge in [0.1, 0.15) is 0 Å². The molecule has 0 radical (unpaired) electrons. The summed E-state index contributed by atoms with van der Waals surface area (Å²) >= 11 is 0. The van der Waals surface area contributed by atoms with Crippen LogP contribution in [0.2, 0.25) is 0 Å². The summed E-state index contributed by atoms with van der Waals surface area (Å²) in [7, 11) is 0. The van der Waals surface area contributed by atoms with E-state index in [-0.39, 0.29) is 0 Å². The van der Waals surface area contributed by atoms with Gasteiger partial charge >= 0.3 is 0 Å². The van der Waals surface area contributed by atoms with Gasteiger partial charge < -0.3 is 14.6 Å². The number of rotatable bonds is 8. The average Bonchev–Trinajstić information content (AvgIpc) is 2.02. The van der Waals surface area contributed by atoms with E-state index in [1.54, 1.807) is 6.92 Å². The fourth-order valence-corrected chi connectivity index (χ4v) is 0.834. The lowest BCUT2D eigenvalue weighted by atomic mass is 10.3. The highest BCUT2D eigenvalue weighted by Crippen LogP contribution is 1.94. The fraction of sp³-hybridized carbons (Fsp3) is 1.00. The highest BCUT2D eigenvalue weighted by atomic mass is 16.6. The first kappa shape index (κ1) is 11.9. The van der Waals surface area contributed by atoms with Gasteiger partial charge in [-0.2, -0.15) is 0 Å². The third-order valence-corrected chi connectivity index (χ3v) is 1.48. The molecule has 0 fully saturated rings. The maximum Gasteiger partial charge on any atom is 0.151 e. The van der Waals surface area contributed by atoms with Crippen LogP contribution in [0.1, 0.15) is 33.1 Å². The van der Waals surface area contributed by atoms with Crippen molar-refractivity contribution in [3.05, 3.63) is 0 Å². The van der Waals surface area contributed by atoms with Gasteiger partial charge in [-0.15, -0.1) is 0 Å². The SMILES string of the molecule is CCCCCOCCOC(C)O. The zero-order valence-corrected chi connectivity index (χ0v) is 8.08. The van der Waals surface area contributed by atoms with E-state index in [0.717, 1.165) is 13.0 Å². The summed E-state index contributed by atoms with van der Waals surface area (Å²) in [4.78, 5) is 0. The molecule has 0 saturated carbocycles. The Bertz CT molecular complexity index is 83.8. The van der Waals surface area contributed by atoms with Crippen molar-refractivity contribution < 1.29 is 14.6 Å². The van der Waals surface area contributed by atoms with E-state index in [1.807, 2.05) is 0 Å². The van der Waals surface area contributed by atoms with Gasteiger partial charge in [-0.3, -0.25) is 0 Å². The van der Waals surface area contributed by atoms with Crippen LogP contribution >= 0.6 is 0 Å². The van der Waals surface area contributed by atoms with E-state index in [9.17, 15) is 0 Å². The van der Waals surface area contributed by atoms with Crippen LogP contribution in [0.4, 0.5) is 0 Å². The molecule has 0 spiro atoms. The normalized spacial score (nSPS) is 13.2. The Balaban J connectivity index is 2.82. The predicted octanol–water partition coefficient (Wildman–Crippen LogP) is 1.55. The van der Waals surface area contributed by atoms with Crippen LogP contribution in [0.3, 0.4) is 0 Å². The largest absolute Gasteiger partial charge is 0.379 e. The van der Waals surface area contributed by atoms with Gasteiger partial charge in [0.15, 0.2) is 6.29 Å². The minimum absolute atomic E-state index is 0.476. The molecule has 0 aliphatic rings. The zero-order valence-electron chi connectivity index (χ0n) is 8.08. The van der Waals surface area contributed by atoms with Crippen molar-refractivity contribution in [3.63, 3.8) is 0 Å². The number of aliphatic hydroxyl groups is 1. The Labute approximate surface area is 74.7 Å². The summed E-state index contributed by atoms with van der Waals surface area (Å²) in [5, 5.41) is 8.72. The Morgan fingerprint density at radius 1 is 1.17 bits per heavy atom. The summed E-state index contributed by atoms with van der Waals surface area (Å²) in [5.41, 5.74) is 0. The first-order chi connectivity index (χ1) is 5.77. The molecule has 3 nitrogen and oxygen atoms in total. The lowest BCUT2D eigenvalue weighted by molar-refractivity contribution is -0.0994. The summed E-state index contributed by atoms with van der Waals surface area (Å²) in [5.74, 6) is 0. The Morgan fingerprint density at radius 2 is 1.92 bits per heavy atom. The first-order valence-electron chi connectivity index (χ1n) is 4.64. The van der Waals surface area contributed by atoms with E-state index >= 15 is 0 Å². The van der Waals surface area contributed by atoms with Gasteiger partial charge in [0.2, 0.25) is 0 Å². The quantitative estimate of drug-likeness (QED) is 0.450. The Hall–Kier alpha value is -0.120. The molecule has 12 heavy (non-hydrogen) atoms. The summed E-state index contributed by atoms with van der Waals surface area (Å²) in [6, 6.07) is 0. The van der Waals surface area contributed by atoms with Crippen LogP contribution in [-0.2, 0) is 9.47 Å². The molecule has 0 aliphatic carbocycles. The second kappa shape index (κ2) is 8.97. The van der Waals surface area contributed by atoms with Gasteiger partial charge in [0.05, 0.1) is 13.2 Å². The van der Waals surface area contributed by atoms with Crippen molar-refractivity contribution in [2.45, 2.75) is 39.4 Å². The predicted molar refractivity (Wildman–Crippen MR) is 48.0 cm³/mol. The van der Waals surface area contributed by atoms with Crippen LogP contribution < -0.4 is 0 Å². The number of unbranched alkanes of at least 4 members (excludes halogenated alkanes) is 2. The van der Waals surface area contributed by atoms with Crippen molar-refractivity contribution in [1.82, 2.24) is 0 Å². The molecule has 0 heterocycles. The maximum atomic E-state index is 8.72. The van der Waals surface area contributed by atoms with Gasteiger partial charge in [-0.1, -0.05) is 19.8 Å². The molecule has 1 N–H and O–H groups in total. The highest BCUT2D eigenvalue weighted by molar-refractivity contribution is 4.36. The molecule has 0 amide bonds. The molecule has 1 unspecified atom stereocenters. The highest BCUT2D eigenvalue weighted by Gasteiger charge is 1.93. The number of hydrogen-bond donors (Lipinski definition) is 1. The standard InChI is InChI=1S/C9H20O3/c1-3-4-5-6-11-7-8-12-9(2)10/h9-10H,3-8H2,1-2H3. The van der Waals surface area contributed by atoms with Crippen LogP contribution in [0.25, 0.3) is 0 Å². The molecule has 0 aliphatic heterocycles. The van der Waals surface area contributed by atoms with Gasteiger partial charge in [0.25, 0.3) is 0 Å². The molecule has 1 atom stereocenters. The van der Waals surface area contributed by atoms with Crippen LogP contribution in [0.15, 0.2) is 0 Å². The second-order valence-electron chi connectivity index (χ2n) is 2.79. The Morgan fingerprint density at radius 3 is 2.50 bits per heavy atom. The molecule has 0 aromatic heterocycles. The van der Waals surface area contributed by atoms with Crippen molar-refractivity contribution in [2.75, 3.05) is 19.8 Å². The second-order valence-corrected chi connectivity index (χ2v) is 2.79. The zero-order chi connectivity index (χ0) is 9.23. The maximum absolute atomic E-state index is 8.72. The average molecular weight is 176 g/mol. The first-order valence-corrected chi connectivity index (χ1v) is 4.64.